The van der Waals surface area contributed by atoms with Gasteiger partial charge in [-0.3, -0.25) is 0 Å². The van der Waals surface area contributed by atoms with E-state index in [2.05, 4.69) is 0 Å². The van der Waals surface area contributed by atoms with Gasteiger partial charge in [0.25, 0.3) is 0 Å². The van der Waals surface area contributed by atoms with E-state index >= 15 is 0 Å². The van der Waals surface area contributed by atoms with E-state index in [0.717, 1.165) is 32.0 Å². The lowest BCUT2D eigenvalue weighted by atomic mass is 9.88. The molecule has 0 bridgehead atoms. The fraction of sp³-hybridized carbons (Fsp3) is 0.857. The van der Waals surface area contributed by atoms with Crippen molar-refractivity contribution in [2.45, 2.75) is 31.7 Å². The quantitative estimate of drug-likeness (QED) is 0.589. The van der Waals surface area contributed by atoms with Crippen molar-refractivity contribution >= 4 is 18.7 Å². The standard InChI is InChI=1S/C7H13NO.ClH/c8-7-3-1-6(5-9)2-4-7;/h5-7H,1-4,8H2;1H. The molecular formula is C7H14ClNO. The van der Waals surface area contributed by atoms with Crippen LogP contribution < -0.4 is 5.73 Å². The first-order valence-corrected chi connectivity index (χ1v) is 3.54. The lowest BCUT2D eigenvalue weighted by Gasteiger charge is -2.21. The normalized spacial score (nSPS) is 32.5. The maximum Gasteiger partial charge on any atom is 0.123 e. The molecule has 1 rings (SSSR count). The van der Waals surface area contributed by atoms with Gasteiger partial charge in [-0.25, -0.2) is 0 Å². The van der Waals surface area contributed by atoms with E-state index in [0.29, 0.717) is 12.0 Å². The Balaban J connectivity index is 0.000000810. The maximum atomic E-state index is 10.2. The summed E-state index contributed by atoms with van der Waals surface area (Å²) in [6.45, 7) is 0. The Labute approximate surface area is 67.6 Å². The smallest absolute Gasteiger partial charge is 0.123 e. The monoisotopic (exact) mass is 163 g/mol. The van der Waals surface area contributed by atoms with Crippen molar-refractivity contribution in [2.75, 3.05) is 0 Å². The fourth-order valence-electron chi connectivity index (χ4n) is 1.28. The molecule has 2 N–H and O–H groups in total. The van der Waals surface area contributed by atoms with Crippen LogP contribution in [0.1, 0.15) is 25.7 Å². The van der Waals surface area contributed by atoms with Gasteiger partial charge < -0.3 is 10.5 Å². The number of halogens is 1. The molecule has 0 saturated heterocycles. The highest BCUT2D eigenvalue weighted by Crippen LogP contribution is 2.20. The van der Waals surface area contributed by atoms with Gasteiger partial charge in [-0.05, 0) is 25.7 Å². The molecule has 3 heteroatoms. The molecule has 10 heavy (non-hydrogen) atoms. The summed E-state index contributed by atoms with van der Waals surface area (Å²) in [6.07, 6.45) is 5.13. The third-order valence-electron chi connectivity index (χ3n) is 2.01. The molecule has 1 aliphatic carbocycles. The first kappa shape index (κ1) is 9.92. The molecule has 0 amide bonds. The number of carbonyl (C=O) groups excluding carboxylic acids is 1. The zero-order chi connectivity index (χ0) is 6.69. The number of hydrogen-bond donors (Lipinski definition) is 1. The summed E-state index contributed by atoms with van der Waals surface area (Å²) in [7, 11) is 0. The topological polar surface area (TPSA) is 43.1 Å². The molecule has 0 radical (unpaired) electrons. The highest BCUT2D eigenvalue weighted by atomic mass is 35.5. The van der Waals surface area contributed by atoms with Crippen molar-refractivity contribution in [3.63, 3.8) is 0 Å². The van der Waals surface area contributed by atoms with E-state index < -0.39 is 0 Å². The van der Waals surface area contributed by atoms with Gasteiger partial charge in [0, 0.05) is 12.0 Å². The average molecular weight is 164 g/mol. The molecule has 2 nitrogen and oxygen atoms in total. The van der Waals surface area contributed by atoms with Gasteiger partial charge in [-0.1, -0.05) is 0 Å². The van der Waals surface area contributed by atoms with E-state index in [9.17, 15) is 4.79 Å². The predicted molar refractivity (Wildman–Crippen MR) is 43.2 cm³/mol. The summed E-state index contributed by atoms with van der Waals surface area (Å²) >= 11 is 0. The summed E-state index contributed by atoms with van der Waals surface area (Å²) in [5.41, 5.74) is 5.64. The van der Waals surface area contributed by atoms with Crippen molar-refractivity contribution in [3.05, 3.63) is 0 Å². The zero-order valence-corrected chi connectivity index (χ0v) is 6.77. The number of aldehydes is 1. The van der Waals surface area contributed by atoms with Crippen molar-refractivity contribution < 1.29 is 4.79 Å². The third kappa shape index (κ3) is 2.67. The van der Waals surface area contributed by atoms with Gasteiger partial charge in [-0.15, -0.1) is 12.4 Å². The Bertz CT molecular complexity index is 99.8. The Morgan fingerprint density at radius 2 is 1.70 bits per heavy atom. The molecule has 0 heterocycles. The first-order chi connectivity index (χ1) is 4.33. The number of nitrogens with two attached hydrogens (primary N) is 1. The van der Waals surface area contributed by atoms with Crippen LogP contribution in [0.2, 0.25) is 0 Å². The molecule has 1 fully saturated rings. The third-order valence-corrected chi connectivity index (χ3v) is 2.01. The molecule has 0 unspecified atom stereocenters. The van der Waals surface area contributed by atoms with Crippen molar-refractivity contribution in [2.24, 2.45) is 11.7 Å². The Morgan fingerprint density at radius 3 is 2.10 bits per heavy atom. The van der Waals surface area contributed by atoms with Crippen LogP contribution in [-0.2, 0) is 4.79 Å². The maximum absolute atomic E-state index is 10.2. The lowest BCUT2D eigenvalue weighted by Crippen LogP contribution is -2.26. The van der Waals surface area contributed by atoms with Gasteiger partial charge in [-0.2, -0.15) is 0 Å². The molecule has 1 saturated carbocycles. The van der Waals surface area contributed by atoms with Gasteiger partial charge in [0.1, 0.15) is 6.29 Å². The Kier molecular flexibility index (Phi) is 4.65. The van der Waals surface area contributed by atoms with Crippen molar-refractivity contribution in [3.8, 4) is 0 Å². The average Bonchev–Trinajstić information content (AvgIpc) is 1.90. The molecule has 60 valence electrons. The van der Waals surface area contributed by atoms with Crippen molar-refractivity contribution in [1.29, 1.82) is 0 Å². The van der Waals surface area contributed by atoms with E-state index in [4.69, 9.17) is 5.73 Å². The summed E-state index contributed by atoms with van der Waals surface area (Å²) in [6, 6.07) is 0.362. The second kappa shape index (κ2) is 4.69. The Hall–Kier alpha value is -0.0800. The second-order valence-electron chi connectivity index (χ2n) is 2.81. The number of rotatable bonds is 1. The van der Waals surface area contributed by atoms with E-state index in [-0.39, 0.29) is 12.4 Å². The SMILES string of the molecule is Cl.NC1CCC(C=O)CC1. The second-order valence-corrected chi connectivity index (χ2v) is 2.81. The van der Waals surface area contributed by atoms with Crippen LogP contribution in [0.15, 0.2) is 0 Å². The molecule has 0 aromatic rings. The van der Waals surface area contributed by atoms with E-state index in [1.807, 2.05) is 0 Å². The van der Waals surface area contributed by atoms with Crippen LogP contribution >= 0.6 is 12.4 Å². The molecule has 0 spiro atoms. The van der Waals surface area contributed by atoms with Gasteiger partial charge >= 0.3 is 0 Å². The fourth-order valence-corrected chi connectivity index (χ4v) is 1.28. The van der Waals surface area contributed by atoms with Gasteiger partial charge in [0.15, 0.2) is 0 Å². The molecule has 0 aromatic heterocycles. The molecular weight excluding hydrogens is 150 g/mol. The number of hydrogen-bond acceptors (Lipinski definition) is 2. The van der Waals surface area contributed by atoms with Crippen LogP contribution in [0.5, 0.6) is 0 Å². The minimum atomic E-state index is 0. The highest BCUT2D eigenvalue weighted by Gasteiger charge is 2.16. The summed E-state index contributed by atoms with van der Waals surface area (Å²) in [4.78, 5) is 10.2. The summed E-state index contributed by atoms with van der Waals surface area (Å²) in [5.74, 6) is 0.310. The van der Waals surface area contributed by atoms with Crippen LogP contribution in [-0.4, -0.2) is 12.3 Å². The van der Waals surface area contributed by atoms with Crippen LogP contribution in [0.4, 0.5) is 0 Å². The lowest BCUT2D eigenvalue weighted by molar-refractivity contribution is -0.111. The number of carbonyl (C=O) groups is 1. The molecule has 0 aliphatic heterocycles. The van der Waals surface area contributed by atoms with E-state index in [1.165, 1.54) is 0 Å². The predicted octanol–water partition coefficient (Wildman–Crippen LogP) is 1.12. The van der Waals surface area contributed by atoms with Gasteiger partial charge in [0.05, 0.1) is 0 Å². The Morgan fingerprint density at radius 1 is 1.20 bits per heavy atom. The highest BCUT2D eigenvalue weighted by molar-refractivity contribution is 5.85. The molecule has 0 aromatic carbocycles. The van der Waals surface area contributed by atoms with Crippen LogP contribution in [0, 0.1) is 5.92 Å². The summed E-state index contributed by atoms with van der Waals surface area (Å²) < 4.78 is 0. The molecule has 0 atom stereocenters. The van der Waals surface area contributed by atoms with E-state index in [1.54, 1.807) is 0 Å². The van der Waals surface area contributed by atoms with Crippen LogP contribution in [0.25, 0.3) is 0 Å². The molecule has 1 aliphatic rings. The van der Waals surface area contributed by atoms with Crippen LogP contribution in [0.3, 0.4) is 0 Å². The first-order valence-electron chi connectivity index (χ1n) is 3.54. The minimum absolute atomic E-state index is 0. The zero-order valence-electron chi connectivity index (χ0n) is 5.95. The largest absolute Gasteiger partial charge is 0.328 e. The van der Waals surface area contributed by atoms with Gasteiger partial charge in [0.2, 0.25) is 0 Å². The van der Waals surface area contributed by atoms with Crippen molar-refractivity contribution in [1.82, 2.24) is 0 Å². The summed E-state index contributed by atoms with van der Waals surface area (Å²) in [5, 5.41) is 0. The minimum Gasteiger partial charge on any atom is -0.328 e.